The summed E-state index contributed by atoms with van der Waals surface area (Å²) in [5.74, 6) is 1.59. The summed E-state index contributed by atoms with van der Waals surface area (Å²) in [6.07, 6.45) is 6.87. The lowest BCUT2D eigenvalue weighted by molar-refractivity contribution is 0.328. The number of benzene rings is 1. The highest BCUT2D eigenvalue weighted by Gasteiger charge is 2.12. The first-order valence-corrected chi connectivity index (χ1v) is 7.12. The monoisotopic (exact) mass is 245 g/mol. The molecular weight excluding hydrogens is 218 g/mol. The third-order valence-electron chi connectivity index (χ3n) is 3.63. The first-order chi connectivity index (χ1) is 8.74. The molecule has 1 rings (SSSR count). The van der Waals surface area contributed by atoms with Crippen molar-refractivity contribution in [2.24, 2.45) is 11.8 Å². The molecule has 0 spiro atoms. The normalized spacial score (nSPS) is 12.4. The molecule has 1 N–H and O–H groups in total. The minimum atomic E-state index is 0.771. The maximum Gasteiger partial charge on any atom is 0.0144 e. The third kappa shape index (κ3) is 5.90. The van der Waals surface area contributed by atoms with E-state index in [1.165, 1.54) is 31.2 Å². The van der Waals surface area contributed by atoms with Crippen LogP contribution in [0.5, 0.6) is 0 Å². The van der Waals surface area contributed by atoms with Crippen LogP contribution < -0.4 is 5.32 Å². The molecule has 0 radical (unpaired) electrons. The lowest BCUT2D eigenvalue weighted by atomic mass is 9.87. The molecule has 18 heavy (non-hydrogen) atoms. The van der Waals surface area contributed by atoms with Gasteiger partial charge >= 0.3 is 0 Å². The van der Waals surface area contributed by atoms with Gasteiger partial charge in [-0.3, -0.25) is 0 Å². The van der Waals surface area contributed by atoms with Gasteiger partial charge in [-0.25, -0.2) is 0 Å². The molecule has 1 nitrogen and oxygen atoms in total. The predicted octanol–water partition coefficient (Wildman–Crippen LogP) is 4.40. The van der Waals surface area contributed by atoms with Gasteiger partial charge in [-0.15, -0.1) is 0 Å². The Labute approximate surface area is 112 Å². The van der Waals surface area contributed by atoms with E-state index in [0.717, 1.165) is 18.4 Å². The van der Waals surface area contributed by atoms with E-state index >= 15 is 0 Å². The van der Waals surface area contributed by atoms with E-state index in [1.54, 1.807) is 6.20 Å². The van der Waals surface area contributed by atoms with Gasteiger partial charge in [-0.05, 0) is 49.3 Å². The smallest absolute Gasteiger partial charge is 0.0144 e. The summed E-state index contributed by atoms with van der Waals surface area (Å²) < 4.78 is 0. The molecule has 0 aliphatic carbocycles. The third-order valence-corrected chi connectivity index (χ3v) is 3.63. The van der Waals surface area contributed by atoms with Crippen molar-refractivity contribution in [1.29, 1.82) is 0 Å². The molecule has 0 heterocycles. The average Bonchev–Trinajstić information content (AvgIpc) is 2.38. The van der Waals surface area contributed by atoms with E-state index in [1.807, 2.05) is 0 Å². The van der Waals surface area contributed by atoms with E-state index in [-0.39, 0.29) is 0 Å². The van der Waals surface area contributed by atoms with Crippen LogP contribution in [0.4, 0.5) is 0 Å². The predicted molar refractivity (Wildman–Crippen MR) is 80.5 cm³/mol. The largest absolute Gasteiger partial charge is 0.391 e. The molecule has 0 aliphatic rings. The average molecular weight is 245 g/mol. The second kappa shape index (κ2) is 8.79. The highest BCUT2D eigenvalue weighted by molar-refractivity contribution is 5.14. The van der Waals surface area contributed by atoms with Crippen LogP contribution >= 0.6 is 0 Å². The van der Waals surface area contributed by atoms with Crippen LogP contribution in [0.3, 0.4) is 0 Å². The van der Waals surface area contributed by atoms with Crippen LogP contribution in [0.1, 0.15) is 38.7 Å². The van der Waals surface area contributed by atoms with E-state index in [0.29, 0.717) is 0 Å². The van der Waals surface area contributed by atoms with Gasteiger partial charge < -0.3 is 5.32 Å². The van der Waals surface area contributed by atoms with Crippen LogP contribution in [0.25, 0.3) is 0 Å². The fraction of sp³-hybridized carbons (Fsp3) is 0.529. The fourth-order valence-corrected chi connectivity index (χ4v) is 2.39. The molecular formula is C17H27N. The van der Waals surface area contributed by atoms with E-state index in [9.17, 15) is 0 Å². The van der Waals surface area contributed by atoms with Gasteiger partial charge in [0.25, 0.3) is 0 Å². The maximum atomic E-state index is 3.69. The summed E-state index contributed by atoms with van der Waals surface area (Å²) in [5.41, 5.74) is 1.46. The summed E-state index contributed by atoms with van der Waals surface area (Å²) >= 11 is 0. The van der Waals surface area contributed by atoms with E-state index < -0.39 is 0 Å². The summed E-state index contributed by atoms with van der Waals surface area (Å²) in [6, 6.07) is 10.8. The molecule has 1 heteroatoms. The Morgan fingerprint density at radius 2 is 1.89 bits per heavy atom. The number of aryl methyl sites for hydroxylation is 1. The molecule has 100 valence electrons. The lowest BCUT2D eigenvalue weighted by Gasteiger charge is -2.20. The van der Waals surface area contributed by atoms with Crippen LogP contribution in [0, 0.1) is 11.8 Å². The number of hydrogen-bond donors (Lipinski definition) is 1. The van der Waals surface area contributed by atoms with Gasteiger partial charge in [0.1, 0.15) is 0 Å². The van der Waals surface area contributed by atoms with Gasteiger partial charge in [0.15, 0.2) is 0 Å². The van der Waals surface area contributed by atoms with Crippen LogP contribution in [-0.4, -0.2) is 6.54 Å². The van der Waals surface area contributed by atoms with Crippen molar-refractivity contribution in [3.63, 3.8) is 0 Å². The molecule has 1 unspecified atom stereocenters. The highest BCUT2D eigenvalue weighted by atomic mass is 14.8. The zero-order valence-corrected chi connectivity index (χ0v) is 11.9. The summed E-state index contributed by atoms with van der Waals surface area (Å²) in [7, 11) is 0. The lowest BCUT2D eigenvalue weighted by Crippen LogP contribution is -2.16. The van der Waals surface area contributed by atoms with Crippen molar-refractivity contribution in [2.75, 3.05) is 6.54 Å². The van der Waals surface area contributed by atoms with Crippen molar-refractivity contribution in [3.05, 3.63) is 48.7 Å². The summed E-state index contributed by atoms with van der Waals surface area (Å²) in [5, 5.41) is 3.21. The molecule has 1 atom stereocenters. The van der Waals surface area contributed by atoms with Crippen LogP contribution in [-0.2, 0) is 6.42 Å². The zero-order chi connectivity index (χ0) is 13.2. The van der Waals surface area contributed by atoms with Crippen molar-refractivity contribution in [2.45, 2.75) is 39.5 Å². The second-order valence-electron chi connectivity index (χ2n) is 5.33. The van der Waals surface area contributed by atoms with Gasteiger partial charge in [-0.2, -0.15) is 0 Å². The van der Waals surface area contributed by atoms with E-state index in [2.05, 4.69) is 56.1 Å². The first-order valence-electron chi connectivity index (χ1n) is 7.12. The maximum absolute atomic E-state index is 3.69. The molecule has 0 saturated heterocycles. The quantitative estimate of drug-likeness (QED) is 0.636. The Morgan fingerprint density at radius 3 is 2.50 bits per heavy atom. The Kier molecular flexibility index (Phi) is 7.24. The Bertz CT molecular complexity index is 316. The van der Waals surface area contributed by atoms with Gasteiger partial charge in [0.05, 0.1) is 0 Å². The van der Waals surface area contributed by atoms with Crippen molar-refractivity contribution >= 4 is 0 Å². The number of hydrogen-bond acceptors (Lipinski definition) is 1. The summed E-state index contributed by atoms with van der Waals surface area (Å²) in [6.45, 7) is 9.42. The fourth-order valence-electron chi connectivity index (χ4n) is 2.39. The van der Waals surface area contributed by atoms with Crippen LogP contribution in [0.15, 0.2) is 43.1 Å². The zero-order valence-electron chi connectivity index (χ0n) is 11.9. The molecule has 0 bridgehead atoms. The first kappa shape index (κ1) is 14.8. The Hall–Kier alpha value is -1.24. The topological polar surface area (TPSA) is 12.0 Å². The van der Waals surface area contributed by atoms with Gasteiger partial charge in [0.2, 0.25) is 0 Å². The van der Waals surface area contributed by atoms with Crippen LogP contribution in [0.2, 0.25) is 0 Å². The minimum absolute atomic E-state index is 0.771. The molecule has 0 saturated carbocycles. The molecule has 0 amide bonds. The van der Waals surface area contributed by atoms with Crippen molar-refractivity contribution < 1.29 is 0 Å². The summed E-state index contributed by atoms with van der Waals surface area (Å²) in [4.78, 5) is 0. The Morgan fingerprint density at radius 1 is 1.17 bits per heavy atom. The van der Waals surface area contributed by atoms with Crippen molar-refractivity contribution in [1.82, 2.24) is 5.32 Å². The minimum Gasteiger partial charge on any atom is -0.391 e. The molecule has 0 fully saturated rings. The molecule has 0 aliphatic heterocycles. The SMILES string of the molecule is C=CNCCC(CCCc1ccccc1)C(C)C. The Balaban J connectivity index is 2.27. The number of nitrogens with one attached hydrogen (secondary N) is 1. The molecule has 1 aromatic rings. The second-order valence-corrected chi connectivity index (χ2v) is 5.33. The highest BCUT2D eigenvalue weighted by Crippen LogP contribution is 2.21. The molecule has 1 aromatic carbocycles. The molecule has 0 aromatic heterocycles. The standard InChI is InChI=1S/C17H27N/c1-4-18-14-13-17(15(2)3)12-8-11-16-9-6-5-7-10-16/h4-7,9-10,15,17-18H,1,8,11-14H2,2-3H3. The van der Waals surface area contributed by atoms with Crippen molar-refractivity contribution in [3.8, 4) is 0 Å². The van der Waals surface area contributed by atoms with Gasteiger partial charge in [-0.1, -0.05) is 50.8 Å². The number of rotatable bonds is 9. The van der Waals surface area contributed by atoms with Gasteiger partial charge in [0, 0.05) is 6.54 Å². The van der Waals surface area contributed by atoms with E-state index in [4.69, 9.17) is 0 Å².